The number of hydrogen-bond acceptors (Lipinski definition) is 8. The van der Waals surface area contributed by atoms with E-state index < -0.39 is 0 Å². The van der Waals surface area contributed by atoms with Crippen LogP contribution in [0.25, 0.3) is 11.4 Å². The second-order valence-electron chi connectivity index (χ2n) is 5.94. The summed E-state index contributed by atoms with van der Waals surface area (Å²) in [6.07, 6.45) is 1.01. The van der Waals surface area contributed by atoms with E-state index in [1.807, 2.05) is 0 Å². The number of rotatable bonds is 13. The molecule has 1 aromatic carbocycles. The zero-order valence-electron chi connectivity index (χ0n) is 16.4. The standard InChI is InChI=1S/C19H27N5O4/c1-3-9-26-11-13-28-14-12-27-10-8-20-19(25)17-6-4-16(5-7-17)18-23-21-15(2)22-24-18/h4-7H,3,8-14H2,1-2H3,(H,20,25). The number of carbonyl (C=O) groups excluding carboxylic acids is 1. The Morgan fingerprint density at radius 3 is 2.04 bits per heavy atom. The van der Waals surface area contributed by atoms with Gasteiger partial charge in [0.05, 0.1) is 33.0 Å². The molecule has 2 rings (SSSR count). The first-order valence-corrected chi connectivity index (χ1v) is 9.36. The summed E-state index contributed by atoms with van der Waals surface area (Å²) in [5.74, 6) is 0.764. The molecule has 0 aliphatic heterocycles. The van der Waals surface area contributed by atoms with Crippen molar-refractivity contribution in [2.45, 2.75) is 20.3 Å². The molecule has 1 amide bonds. The molecule has 0 radical (unpaired) electrons. The minimum absolute atomic E-state index is 0.166. The van der Waals surface area contributed by atoms with Gasteiger partial charge in [0, 0.05) is 24.3 Å². The maximum absolute atomic E-state index is 12.1. The number of aromatic nitrogens is 4. The van der Waals surface area contributed by atoms with Crippen molar-refractivity contribution < 1.29 is 19.0 Å². The highest BCUT2D eigenvalue weighted by molar-refractivity contribution is 5.94. The molecule has 0 aliphatic rings. The minimum atomic E-state index is -0.166. The van der Waals surface area contributed by atoms with Crippen molar-refractivity contribution in [1.29, 1.82) is 0 Å². The smallest absolute Gasteiger partial charge is 0.251 e. The van der Waals surface area contributed by atoms with E-state index in [4.69, 9.17) is 14.2 Å². The van der Waals surface area contributed by atoms with Gasteiger partial charge in [0.1, 0.15) is 0 Å². The Morgan fingerprint density at radius 2 is 1.43 bits per heavy atom. The number of amides is 1. The Hall–Kier alpha value is -2.49. The lowest BCUT2D eigenvalue weighted by Gasteiger charge is -2.08. The van der Waals surface area contributed by atoms with Crippen LogP contribution in [0.5, 0.6) is 0 Å². The third-order valence-electron chi connectivity index (χ3n) is 3.61. The highest BCUT2D eigenvalue weighted by Crippen LogP contribution is 2.13. The highest BCUT2D eigenvalue weighted by atomic mass is 16.5. The molecule has 0 fully saturated rings. The SMILES string of the molecule is CCCOCCOCCOCCNC(=O)c1ccc(-c2nnc(C)nn2)cc1. The summed E-state index contributed by atoms with van der Waals surface area (Å²) >= 11 is 0. The zero-order chi connectivity index (χ0) is 20.0. The summed E-state index contributed by atoms with van der Waals surface area (Å²) in [6, 6.07) is 6.95. The van der Waals surface area contributed by atoms with E-state index in [1.165, 1.54) is 0 Å². The molecular weight excluding hydrogens is 362 g/mol. The predicted octanol–water partition coefficient (Wildman–Crippen LogP) is 1.43. The van der Waals surface area contributed by atoms with E-state index in [9.17, 15) is 4.79 Å². The van der Waals surface area contributed by atoms with Gasteiger partial charge in [0.2, 0.25) is 5.82 Å². The molecule has 2 aromatic rings. The molecule has 0 bridgehead atoms. The minimum Gasteiger partial charge on any atom is -0.379 e. The van der Waals surface area contributed by atoms with Crippen molar-refractivity contribution in [3.63, 3.8) is 0 Å². The van der Waals surface area contributed by atoms with Crippen LogP contribution in [-0.4, -0.2) is 72.5 Å². The van der Waals surface area contributed by atoms with E-state index in [0.717, 1.165) is 18.6 Å². The first kappa shape index (κ1) is 21.8. The van der Waals surface area contributed by atoms with Gasteiger partial charge in [-0.05, 0) is 25.5 Å². The third-order valence-corrected chi connectivity index (χ3v) is 3.61. The van der Waals surface area contributed by atoms with Gasteiger partial charge in [-0.3, -0.25) is 4.79 Å². The van der Waals surface area contributed by atoms with Crippen LogP contribution in [-0.2, 0) is 14.2 Å². The Labute approximate surface area is 164 Å². The van der Waals surface area contributed by atoms with Gasteiger partial charge in [-0.2, -0.15) is 0 Å². The third kappa shape index (κ3) is 8.03. The van der Waals surface area contributed by atoms with Gasteiger partial charge >= 0.3 is 0 Å². The number of ether oxygens (including phenoxy) is 3. The summed E-state index contributed by atoms with van der Waals surface area (Å²) in [5, 5.41) is 18.5. The fraction of sp³-hybridized carbons (Fsp3) is 0.526. The van der Waals surface area contributed by atoms with E-state index in [1.54, 1.807) is 31.2 Å². The Balaban J connectivity index is 1.58. The van der Waals surface area contributed by atoms with E-state index in [2.05, 4.69) is 32.6 Å². The topological polar surface area (TPSA) is 108 Å². The second kappa shape index (κ2) is 12.8. The summed E-state index contributed by atoms with van der Waals surface area (Å²) in [4.78, 5) is 12.1. The van der Waals surface area contributed by atoms with Gasteiger partial charge in [-0.1, -0.05) is 19.1 Å². The van der Waals surface area contributed by atoms with Crippen LogP contribution in [0.4, 0.5) is 0 Å². The van der Waals surface area contributed by atoms with Crippen LogP contribution in [0.3, 0.4) is 0 Å². The summed E-state index contributed by atoms with van der Waals surface area (Å²) in [7, 11) is 0. The molecule has 9 heteroatoms. The van der Waals surface area contributed by atoms with Crippen LogP contribution < -0.4 is 5.32 Å². The van der Waals surface area contributed by atoms with Crippen molar-refractivity contribution in [3.05, 3.63) is 35.7 Å². The lowest BCUT2D eigenvalue weighted by molar-refractivity contribution is 0.0152. The lowest BCUT2D eigenvalue weighted by atomic mass is 10.1. The molecular formula is C19H27N5O4. The fourth-order valence-electron chi connectivity index (χ4n) is 2.19. The number of benzene rings is 1. The van der Waals surface area contributed by atoms with Crippen LogP contribution in [0.15, 0.2) is 24.3 Å². The molecule has 0 atom stereocenters. The van der Waals surface area contributed by atoms with E-state index in [-0.39, 0.29) is 5.91 Å². The van der Waals surface area contributed by atoms with Crippen LogP contribution >= 0.6 is 0 Å². The molecule has 1 heterocycles. The molecule has 0 spiro atoms. The average Bonchev–Trinajstić information content (AvgIpc) is 2.72. The van der Waals surface area contributed by atoms with Crippen molar-refractivity contribution in [3.8, 4) is 11.4 Å². The maximum Gasteiger partial charge on any atom is 0.251 e. The summed E-state index contributed by atoms with van der Waals surface area (Å²) < 4.78 is 16.1. The van der Waals surface area contributed by atoms with Crippen molar-refractivity contribution in [1.82, 2.24) is 25.7 Å². The highest BCUT2D eigenvalue weighted by Gasteiger charge is 2.07. The summed E-state index contributed by atoms with van der Waals surface area (Å²) in [6.45, 7) is 7.56. The molecule has 0 saturated carbocycles. The predicted molar refractivity (Wildman–Crippen MR) is 103 cm³/mol. The fourth-order valence-corrected chi connectivity index (χ4v) is 2.19. The number of aryl methyl sites for hydroxylation is 1. The average molecular weight is 389 g/mol. The molecule has 28 heavy (non-hydrogen) atoms. The lowest BCUT2D eigenvalue weighted by Crippen LogP contribution is -2.27. The molecule has 152 valence electrons. The Morgan fingerprint density at radius 1 is 0.857 bits per heavy atom. The monoisotopic (exact) mass is 389 g/mol. The molecule has 0 unspecified atom stereocenters. The van der Waals surface area contributed by atoms with Gasteiger partial charge in [-0.25, -0.2) is 0 Å². The van der Waals surface area contributed by atoms with E-state index >= 15 is 0 Å². The molecule has 1 N–H and O–H groups in total. The van der Waals surface area contributed by atoms with Gasteiger partial charge in [0.25, 0.3) is 5.91 Å². The normalized spacial score (nSPS) is 10.8. The zero-order valence-corrected chi connectivity index (χ0v) is 16.4. The quantitative estimate of drug-likeness (QED) is 0.513. The number of hydrogen-bond donors (Lipinski definition) is 1. The molecule has 0 saturated heterocycles. The number of nitrogens with zero attached hydrogens (tertiary/aromatic N) is 4. The molecule has 9 nitrogen and oxygen atoms in total. The maximum atomic E-state index is 12.1. The van der Waals surface area contributed by atoms with Crippen LogP contribution in [0.2, 0.25) is 0 Å². The van der Waals surface area contributed by atoms with Crippen molar-refractivity contribution in [2.24, 2.45) is 0 Å². The molecule has 1 aromatic heterocycles. The van der Waals surface area contributed by atoms with Crippen LogP contribution in [0.1, 0.15) is 29.5 Å². The Kier molecular flexibility index (Phi) is 9.98. The largest absolute Gasteiger partial charge is 0.379 e. The Bertz CT molecular complexity index is 694. The van der Waals surface area contributed by atoms with Gasteiger partial charge < -0.3 is 19.5 Å². The first-order valence-electron chi connectivity index (χ1n) is 9.36. The number of nitrogens with one attached hydrogen (secondary N) is 1. The van der Waals surface area contributed by atoms with Gasteiger partial charge in [0.15, 0.2) is 5.82 Å². The molecule has 0 aliphatic carbocycles. The van der Waals surface area contributed by atoms with Gasteiger partial charge in [-0.15, -0.1) is 20.4 Å². The van der Waals surface area contributed by atoms with Crippen molar-refractivity contribution >= 4 is 5.91 Å². The number of carbonyl (C=O) groups is 1. The van der Waals surface area contributed by atoms with E-state index in [0.29, 0.717) is 56.8 Å². The summed E-state index contributed by atoms with van der Waals surface area (Å²) in [5.41, 5.74) is 1.30. The second-order valence-corrected chi connectivity index (χ2v) is 5.94. The van der Waals surface area contributed by atoms with Crippen LogP contribution in [0, 0.1) is 6.92 Å². The van der Waals surface area contributed by atoms with Crippen molar-refractivity contribution in [2.75, 3.05) is 46.2 Å². The first-order chi connectivity index (χ1) is 13.7.